The van der Waals surface area contributed by atoms with Crippen LogP contribution in [0.1, 0.15) is 0 Å². The van der Waals surface area contributed by atoms with Gasteiger partial charge in [-0.05, 0) is 0 Å². The van der Waals surface area contributed by atoms with E-state index in [1.54, 1.807) is 0 Å². The van der Waals surface area contributed by atoms with E-state index >= 15 is 0 Å². The first kappa shape index (κ1) is 16.7. The van der Waals surface area contributed by atoms with Crippen LogP contribution in [-0.4, -0.2) is 29.0 Å². The normalized spacial score (nSPS) is 4.00. The molecule has 0 amide bonds. The second kappa shape index (κ2) is 8.89. The predicted molar refractivity (Wildman–Crippen MR) is 22.5 cm³/mol. The molecule has 0 aromatic rings. The van der Waals surface area contributed by atoms with E-state index < -0.39 is 0 Å². The van der Waals surface area contributed by atoms with Crippen LogP contribution >= 0.6 is 0 Å². The summed E-state index contributed by atoms with van der Waals surface area (Å²) in [5, 5.41) is 6.06. The number of nitrogens with one attached hydrogen (secondary N) is 1. The number of hydrogen-bond donors (Lipinski definition) is 3. The Balaban J connectivity index is -0.0000000450. The molecule has 0 heterocycles. The molecule has 0 fully saturated rings. The van der Waals surface area contributed by atoms with Gasteiger partial charge in [0.1, 0.15) is 0 Å². The number of hydrogen-bond acceptors (Lipinski definition) is 1. The van der Waals surface area contributed by atoms with Crippen LogP contribution < -0.4 is 11.5 Å². The maximum atomic E-state index is 6.06. The molecule has 5 N–H and O–H groups in total. The molecule has 5 heteroatoms. The molecule has 0 aliphatic rings. The van der Waals surface area contributed by atoms with Crippen molar-refractivity contribution >= 4 is 29.0 Å². The Labute approximate surface area is 51.9 Å². The van der Waals surface area contributed by atoms with Crippen molar-refractivity contribution in [1.29, 1.82) is 5.41 Å². The molecular formula is CH5MgN3O. The van der Waals surface area contributed by atoms with Crippen molar-refractivity contribution in [3.05, 3.63) is 0 Å². The maximum absolute atomic E-state index is 6.06. The topological polar surface area (TPSA) is 104 Å². The summed E-state index contributed by atoms with van der Waals surface area (Å²) in [6, 6.07) is 0. The van der Waals surface area contributed by atoms with Gasteiger partial charge in [-0.25, -0.2) is 0 Å². The van der Waals surface area contributed by atoms with E-state index in [4.69, 9.17) is 5.41 Å². The van der Waals surface area contributed by atoms with E-state index in [9.17, 15) is 0 Å². The van der Waals surface area contributed by atoms with Gasteiger partial charge in [0.25, 0.3) is 0 Å². The summed E-state index contributed by atoms with van der Waals surface area (Å²) in [7, 11) is 0. The molecule has 0 saturated carbocycles. The van der Waals surface area contributed by atoms with Crippen LogP contribution in [0.25, 0.3) is 0 Å². The molecule has 0 unspecified atom stereocenters. The minimum absolute atomic E-state index is 0. The second-order valence-corrected chi connectivity index (χ2v) is 0.455. The Kier molecular flexibility index (Phi) is 24.7. The molecule has 0 spiro atoms. The molecule has 6 heavy (non-hydrogen) atoms. The van der Waals surface area contributed by atoms with Gasteiger partial charge in [0.2, 0.25) is 0 Å². The third-order valence-electron chi connectivity index (χ3n) is 0. The number of nitrogens with two attached hydrogens (primary N) is 2. The van der Waals surface area contributed by atoms with Crippen LogP contribution in [0.4, 0.5) is 0 Å². The third kappa shape index (κ3) is 2530000. The van der Waals surface area contributed by atoms with Crippen molar-refractivity contribution in [2.75, 3.05) is 0 Å². The predicted octanol–water partition coefficient (Wildman–Crippen LogP) is -1.66. The monoisotopic (exact) mass is 99.0 g/mol. The molecule has 0 rings (SSSR count). The summed E-state index contributed by atoms with van der Waals surface area (Å²) in [6.45, 7) is 0. The SMILES string of the molecule is N=C(N)N.[Mg+2].[O-2]. The van der Waals surface area contributed by atoms with E-state index in [-0.39, 0.29) is 34.5 Å². The Morgan fingerprint density at radius 2 is 1.33 bits per heavy atom. The molecule has 0 atom stereocenters. The van der Waals surface area contributed by atoms with Crippen molar-refractivity contribution in [3.63, 3.8) is 0 Å². The van der Waals surface area contributed by atoms with Crippen molar-refractivity contribution in [3.8, 4) is 0 Å². The molecular weight excluding hydrogens is 94.3 g/mol. The summed E-state index contributed by atoms with van der Waals surface area (Å²) in [5.41, 5.74) is 8.94. The first-order valence-corrected chi connectivity index (χ1v) is 0.827. The fraction of sp³-hybridized carbons (Fsp3) is 0. The van der Waals surface area contributed by atoms with Crippen LogP contribution in [0.15, 0.2) is 0 Å². The van der Waals surface area contributed by atoms with Crippen LogP contribution in [-0.2, 0) is 5.48 Å². The smallest absolute Gasteiger partial charge is 2.00 e. The van der Waals surface area contributed by atoms with Gasteiger partial charge in [-0.1, -0.05) is 0 Å². The zero-order valence-corrected chi connectivity index (χ0v) is 4.68. The van der Waals surface area contributed by atoms with Crippen molar-refractivity contribution in [2.45, 2.75) is 0 Å². The molecule has 0 saturated heterocycles. The molecule has 4 nitrogen and oxygen atoms in total. The summed E-state index contributed by atoms with van der Waals surface area (Å²) >= 11 is 0. The van der Waals surface area contributed by atoms with Crippen molar-refractivity contribution < 1.29 is 5.48 Å². The fourth-order valence-corrected chi connectivity index (χ4v) is 0. The van der Waals surface area contributed by atoms with E-state index in [2.05, 4.69) is 11.5 Å². The van der Waals surface area contributed by atoms with Crippen LogP contribution in [0.2, 0.25) is 0 Å². The zero-order valence-electron chi connectivity index (χ0n) is 3.27. The van der Waals surface area contributed by atoms with Gasteiger partial charge in [-0.3, -0.25) is 5.41 Å². The molecule has 0 aliphatic carbocycles. The number of rotatable bonds is 0. The van der Waals surface area contributed by atoms with Gasteiger partial charge in [0.15, 0.2) is 5.96 Å². The van der Waals surface area contributed by atoms with Crippen LogP contribution in [0, 0.1) is 5.41 Å². The van der Waals surface area contributed by atoms with E-state index in [0.29, 0.717) is 0 Å². The molecule has 0 aliphatic heterocycles. The Bertz CT molecular complexity index is 33.8. The Morgan fingerprint density at radius 3 is 1.33 bits per heavy atom. The zero-order chi connectivity index (χ0) is 3.58. The van der Waals surface area contributed by atoms with E-state index in [1.165, 1.54) is 0 Å². The van der Waals surface area contributed by atoms with Crippen LogP contribution in [0.3, 0.4) is 0 Å². The molecule has 0 radical (unpaired) electrons. The average molecular weight is 99.4 g/mol. The Morgan fingerprint density at radius 1 is 1.33 bits per heavy atom. The molecule has 0 aromatic carbocycles. The van der Waals surface area contributed by atoms with Gasteiger partial charge in [-0.2, -0.15) is 0 Å². The van der Waals surface area contributed by atoms with Crippen molar-refractivity contribution in [2.24, 2.45) is 11.5 Å². The van der Waals surface area contributed by atoms with Gasteiger partial charge in [0, 0.05) is 0 Å². The quantitative estimate of drug-likeness (QED) is 0.192. The van der Waals surface area contributed by atoms with Gasteiger partial charge >= 0.3 is 23.1 Å². The van der Waals surface area contributed by atoms with Gasteiger partial charge in [-0.15, -0.1) is 0 Å². The van der Waals surface area contributed by atoms with Crippen LogP contribution in [0.5, 0.6) is 0 Å². The van der Waals surface area contributed by atoms with E-state index in [1.807, 2.05) is 0 Å². The first-order valence-electron chi connectivity index (χ1n) is 0.827. The minimum atomic E-state index is -0.333. The average Bonchev–Trinajstić information content (AvgIpc) is 0.811. The van der Waals surface area contributed by atoms with Gasteiger partial charge < -0.3 is 16.9 Å². The fourth-order valence-electron chi connectivity index (χ4n) is 0. The molecule has 0 aromatic heterocycles. The van der Waals surface area contributed by atoms with Crippen molar-refractivity contribution in [1.82, 2.24) is 0 Å². The molecule has 32 valence electrons. The van der Waals surface area contributed by atoms with E-state index in [0.717, 1.165) is 0 Å². The molecule has 0 bridgehead atoms. The standard InChI is InChI=1S/CH5N3.Mg.O/c2-1(3)4;;/h(H5,2,3,4);;/q;+2;-2. The number of guanidine groups is 1. The largest absolute Gasteiger partial charge is 2.00 e. The van der Waals surface area contributed by atoms with Gasteiger partial charge in [0.05, 0.1) is 0 Å². The minimum Gasteiger partial charge on any atom is -2.00 e. The third-order valence-corrected chi connectivity index (χ3v) is 0. The summed E-state index contributed by atoms with van der Waals surface area (Å²) < 4.78 is 0. The summed E-state index contributed by atoms with van der Waals surface area (Å²) in [4.78, 5) is 0. The first-order chi connectivity index (χ1) is 1.73. The summed E-state index contributed by atoms with van der Waals surface area (Å²) in [5.74, 6) is -0.333. The second-order valence-electron chi connectivity index (χ2n) is 0.455. The Hall–Kier alpha value is -0.00377. The summed E-state index contributed by atoms with van der Waals surface area (Å²) in [6.07, 6.45) is 0. The maximum Gasteiger partial charge on any atom is 2.00 e.